The fourth-order valence-electron chi connectivity index (χ4n) is 7.99. The van der Waals surface area contributed by atoms with E-state index in [0.717, 1.165) is 16.7 Å². The summed E-state index contributed by atoms with van der Waals surface area (Å²) in [6.07, 6.45) is 0. The van der Waals surface area contributed by atoms with Crippen LogP contribution in [-0.4, -0.2) is 49.0 Å². The number of fused-ring (bicyclic) bond motifs is 6. The molecule has 4 nitrogen and oxygen atoms in total. The van der Waals surface area contributed by atoms with Crippen molar-refractivity contribution in [3.63, 3.8) is 0 Å². The van der Waals surface area contributed by atoms with Gasteiger partial charge >= 0.3 is 0 Å². The third-order valence-electron chi connectivity index (χ3n) is 10.8. The van der Waals surface area contributed by atoms with Gasteiger partial charge < -0.3 is 10.2 Å². The number of aromatic nitrogens is 2. The van der Waals surface area contributed by atoms with E-state index in [0.29, 0.717) is 16.7 Å². The highest BCUT2D eigenvalue weighted by Gasteiger charge is 2.41. The largest absolute Gasteiger partial charge is 0.376 e. The minimum absolute atomic E-state index is 0.0179. The molecule has 10 aromatic rings. The Labute approximate surface area is 325 Å². The number of rotatable bonds is 6. The molecule has 0 saturated carbocycles. The first-order chi connectivity index (χ1) is 26.7. The highest BCUT2D eigenvalue weighted by atomic mass is 32.1. The summed E-state index contributed by atoms with van der Waals surface area (Å²) in [7, 11) is 18.0. The molecule has 6 radical (unpaired) electrons. The fraction of sp³-hybridized carbons (Fsp3) is 0.0426. The number of benzene rings is 8. The molecule has 0 unspecified atom stereocenters. The van der Waals surface area contributed by atoms with E-state index in [1.807, 2.05) is 53.8 Å². The van der Waals surface area contributed by atoms with Gasteiger partial charge in [0, 0.05) is 25.9 Å². The quantitative estimate of drug-likeness (QED) is 0.102. The van der Waals surface area contributed by atoms with E-state index in [-0.39, 0.29) is 5.82 Å². The van der Waals surface area contributed by atoms with Gasteiger partial charge in [-0.15, -0.1) is 11.3 Å². The Morgan fingerprint density at radius 2 is 0.945 bits per heavy atom. The summed E-state index contributed by atoms with van der Waals surface area (Å²) >= 11 is 1.84. The van der Waals surface area contributed by atoms with E-state index in [1.165, 1.54) is 58.4 Å². The molecule has 8 aromatic carbocycles. The maximum absolute atomic E-state index is 10.3. The van der Waals surface area contributed by atoms with Crippen LogP contribution in [0.4, 0.5) is 0 Å². The van der Waals surface area contributed by atoms with Gasteiger partial charge in [0.05, 0.1) is 26.7 Å². The third kappa shape index (κ3) is 5.36. The predicted molar refractivity (Wildman–Crippen MR) is 231 cm³/mol. The number of hydrogen-bond donors (Lipinski definition) is 2. The first-order valence-corrected chi connectivity index (χ1v) is 18.8. The zero-order valence-corrected chi connectivity index (χ0v) is 30.3. The number of aliphatic hydroxyl groups is 2. The van der Waals surface area contributed by atoms with Gasteiger partial charge in [-0.3, -0.25) is 4.57 Å². The van der Waals surface area contributed by atoms with Gasteiger partial charge in [-0.05, 0) is 103 Å². The van der Waals surface area contributed by atoms with Crippen LogP contribution in [0, 0.1) is 0 Å². The Morgan fingerprint density at radius 3 is 1.56 bits per heavy atom. The van der Waals surface area contributed by atoms with Crippen LogP contribution in [-0.2, 0) is 5.21 Å². The van der Waals surface area contributed by atoms with E-state index < -0.39 is 10.9 Å². The van der Waals surface area contributed by atoms with Crippen LogP contribution in [0.25, 0.3) is 91.8 Å². The molecule has 0 aliphatic heterocycles. The monoisotopic (exact) mass is 718 g/mol. The predicted octanol–water partition coefficient (Wildman–Crippen LogP) is 10.00. The number of imidazole rings is 1. The van der Waals surface area contributed by atoms with Crippen molar-refractivity contribution in [2.45, 2.75) is 10.9 Å². The minimum atomic E-state index is -2.92. The zero-order chi connectivity index (χ0) is 37.5. The van der Waals surface area contributed by atoms with Gasteiger partial charge in [0.25, 0.3) is 0 Å². The van der Waals surface area contributed by atoms with Crippen molar-refractivity contribution >= 4 is 87.6 Å². The lowest BCUT2D eigenvalue weighted by molar-refractivity contribution is -0.100. The summed E-state index contributed by atoms with van der Waals surface area (Å²) in [5.41, 5.74) is 5.91. The molecule has 2 heterocycles. The lowest BCUT2D eigenvalue weighted by Gasteiger charge is -2.37. The number of hydrogen-bond acceptors (Lipinski definition) is 4. The highest BCUT2D eigenvalue weighted by Crippen LogP contribution is 2.45. The second-order valence-electron chi connectivity index (χ2n) is 14.1. The van der Waals surface area contributed by atoms with E-state index in [9.17, 15) is 10.2 Å². The van der Waals surface area contributed by atoms with E-state index in [1.54, 1.807) is 10.6 Å². The second kappa shape index (κ2) is 12.6. The molecule has 0 atom stereocenters. The summed E-state index contributed by atoms with van der Waals surface area (Å²) in [5.74, 6) is 0.0179. The van der Waals surface area contributed by atoms with Gasteiger partial charge in [-0.2, -0.15) is 0 Å². The lowest BCUT2D eigenvalue weighted by Crippen LogP contribution is -2.54. The summed E-state index contributed by atoms with van der Waals surface area (Å²) < 4.78 is 4.30. The van der Waals surface area contributed by atoms with Crippen molar-refractivity contribution in [2.75, 3.05) is 0 Å². The first kappa shape index (κ1) is 33.6. The number of thiophene rings is 1. The summed E-state index contributed by atoms with van der Waals surface area (Å²) in [4.78, 5) is 4.55. The fourth-order valence-corrected chi connectivity index (χ4v) is 9.08. The Kier molecular flexibility index (Phi) is 7.69. The lowest BCUT2D eigenvalue weighted by atomic mass is 9.45. The maximum Gasteiger partial charge on any atom is 0.152 e. The topological polar surface area (TPSA) is 58.3 Å². The molecule has 0 saturated heterocycles. The number of para-hydroxylation sites is 2. The van der Waals surface area contributed by atoms with Crippen LogP contribution in [0.15, 0.2) is 164 Å². The molecule has 0 bridgehead atoms. The normalized spacial score (nSPS) is 12.4. The van der Waals surface area contributed by atoms with Crippen LogP contribution >= 0.6 is 11.3 Å². The van der Waals surface area contributed by atoms with Crippen LogP contribution in [0.1, 0.15) is 5.82 Å². The standard InChI is InChI=1S/C47H29B3N2O2S/c48-46(49,47(50,53)54)45-51-39-14-6-7-15-40(39)52(45)32-24-21-29(22-25-32)28-17-19-30(20-18-28)43-34-10-1-3-12-36(34)44(37-13-4-2-11-35(37)43)31-23-26-42-38(27-31)33-9-5-8-16-41(33)55-42/h1-27,53-54H. The van der Waals surface area contributed by atoms with Gasteiger partial charge in [0.15, 0.2) is 7.85 Å². The molecule has 0 amide bonds. The summed E-state index contributed by atoms with van der Waals surface area (Å²) in [6.45, 7) is 0. The van der Waals surface area contributed by atoms with E-state index in [4.69, 9.17) is 23.5 Å². The van der Waals surface area contributed by atoms with E-state index in [2.05, 4.69) is 120 Å². The van der Waals surface area contributed by atoms with Crippen LogP contribution < -0.4 is 0 Å². The smallest absolute Gasteiger partial charge is 0.152 e. The van der Waals surface area contributed by atoms with Crippen LogP contribution in [0.2, 0.25) is 0 Å². The first-order valence-electron chi connectivity index (χ1n) is 18.0. The van der Waals surface area contributed by atoms with Crippen molar-refractivity contribution in [2.24, 2.45) is 0 Å². The van der Waals surface area contributed by atoms with Crippen LogP contribution in [0.5, 0.6) is 0 Å². The van der Waals surface area contributed by atoms with Crippen LogP contribution in [0.3, 0.4) is 0 Å². The van der Waals surface area contributed by atoms with Crippen molar-refractivity contribution in [1.82, 2.24) is 9.55 Å². The molecule has 2 N–H and O–H groups in total. The van der Waals surface area contributed by atoms with Crippen molar-refractivity contribution in [1.29, 1.82) is 0 Å². The Morgan fingerprint density at radius 1 is 0.473 bits per heavy atom. The van der Waals surface area contributed by atoms with E-state index >= 15 is 0 Å². The van der Waals surface area contributed by atoms with Gasteiger partial charge in [0.2, 0.25) is 0 Å². The minimum Gasteiger partial charge on any atom is -0.376 e. The molecule has 2 aromatic heterocycles. The SMILES string of the molecule is [B]C(O)(O)C([B])([B])c1nc2ccccc2n1-c1ccc(-c2ccc(-c3c4ccccc4c(-c4ccc5sc6ccccc6c5c4)c4ccccc34)cc2)cc1. The second-order valence-corrected chi connectivity index (χ2v) is 15.2. The molecule has 0 aliphatic carbocycles. The summed E-state index contributed by atoms with van der Waals surface area (Å²) in [6, 6.07) is 57.0. The Bertz CT molecular complexity index is 3050. The van der Waals surface area contributed by atoms with Crippen molar-refractivity contribution in [3.05, 3.63) is 170 Å². The average Bonchev–Trinajstić information content (AvgIpc) is 3.79. The van der Waals surface area contributed by atoms with Gasteiger partial charge in [0.1, 0.15) is 11.5 Å². The van der Waals surface area contributed by atoms with Crippen molar-refractivity contribution < 1.29 is 10.2 Å². The molecule has 10 rings (SSSR count). The molecule has 8 heteroatoms. The molecular weight excluding hydrogens is 689 g/mol. The van der Waals surface area contributed by atoms with Gasteiger partial charge in [-0.1, -0.05) is 121 Å². The highest BCUT2D eigenvalue weighted by molar-refractivity contribution is 7.25. The third-order valence-corrected chi connectivity index (χ3v) is 11.9. The maximum atomic E-state index is 10.3. The molecule has 55 heavy (non-hydrogen) atoms. The summed E-state index contributed by atoms with van der Waals surface area (Å²) in [5, 5.41) is 25.7. The molecule has 0 fully saturated rings. The number of nitrogens with zero attached hydrogens (tertiary/aromatic N) is 2. The molecule has 0 spiro atoms. The Hall–Kier alpha value is -5.92. The zero-order valence-electron chi connectivity index (χ0n) is 29.5. The Balaban J connectivity index is 1.06. The van der Waals surface area contributed by atoms with Crippen molar-refractivity contribution in [3.8, 4) is 39.1 Å². The molecule has 254 valence electrons. The molecular formula is C47H29B3N2O2S. The average molecular weight is 718 g/mol. The van der Waals surface area contributed by atoms with Gasteiger partial charge in [-0.25, -0.2) is 4.98 Å². The molecule has 0 aliphatic rings.